The third kappa shape index (κ3) is 3.04. The van der Waals surface area contributed by atoms with Crippen LogP contribution in [0.2, 0.25) is 0 Å². The number of hydrogen-bond acceptors (Lipinski definition) is 4. The topological polar surface area (TPSA) is 86.7 Å². The van der Waals surface area contributed by atoms with E-state index in [-0.39, 0.29) is 11.3 Å². The molecule has 2 N–H and O–H groups in total. The largest absolute Gasteiger partial charge is 0.289 e. The third-order valence-electron chi connectivity index (χ3n) is 4.81. The Morgan fingerprint density at radius 3 is 2.36 bits per heavy atom. The third-order valence-corrected chi connectivity index (χ3v) is 6.72. The van der Waals surface area contributed by atoms with Gasteiger partial charge in [0, 0.05) is 0 Å². The molecule has 28 heavy (non-hydrogen) atoms. The Morgan fingerprint density at radius 2 is 1.61 bits per heavy atom. The SMILES string of the molecule is O=C(CC1c2ccccc2S(=O)(=O)N1c1cccc(-c2ccccc2)c1)NO. The second-order valence-corrected chi connectivity index (χ2v) is 8.29. The molecule has 1 aliphatic heterocycles. The first-order chi connectivity index (χ1) is 13.5. The maximum atomic E-state index is 13.2. The number of hydroxylamine groups is 1. The van der Waals surface area contributed by atoms with Crippen LogP contribution in [0, 0.1) is 0 Å². The van der Waals surface area contributed by atoms with Crippen molar-refractivity contribution in [3.63, 3.8) is 0 Å². The molecule has 1 amide bonds. The molecule has 0 saturated heterocycles. The number of hydrogen-bond donors (Lipinski definition) is 2. The fraction of sp³-hybridized carbons (Fsp3) is 0.0952. The molecular weight excluding hydrogens is 376 g/mol. The van der Waals surface area contributed by atoms with Gasteiger partial charge < -0.3 is 0 Å². The van der Waals surface area contributed by atoms with Gasteiger partial charge in [-0.25, -0.2) is 13.9 Å². The number of nitrogens with zero attached hydrogens (tertiary/aromatic N) is 1. The van der Waals surface area contributed by atoms with Crippen molar-refractivity contribution >= 4 is 21.6 Å². The Kier molecular flexibility index (Phi) is 4.62. The van der Waals surface area contributed by atoms with Crippen LogP contribution in [0.15, 0.2) is 83.8 Å². The summed E-state index contributed by atoms with van der Waals surface area (Å²) in [5, 5.41) is 8.96. The van der Waals surface area contributed by atoms with Crippen molar-refractivity contribution in [2.45, 2.75) is 17.4 Å². The fourth-order valence-corrected chi connectivity index (χ4v) is 5.46. The monoisotopic (exact) mass is 394 g/mol. The molecule has 0 spiro atoms. The predicted octanol–water partition coefficient (Wildman–Crippen LogP) is 3.50. The van der Waals surface area contributed by atoms with Gasteiger partial charge in [0.2, 0.25) is 5.91 Å². The van der Waals surface area contributed by atoms with Gasteiger partial charge in [-0.15, -0.1) is 0 Å². The average molecular weight is 394 g/mol. The Balaban J connectivity index is 1.84. The van der Waals surface area contributed by atoms with E-state index in [4.69, 9.17) is 5.21 Å². The maximum Gasteiger partial charge on any atom is 0.265 e. The molecule has 6 nitrogen and oxygen atoms in total. The minimum atomic E-state index is -3.83. The average Bonchev–Trinajstić information content (AvgIpc) is 2.95. The van der Waals surface area contributed by atoms with Crippen molar-refractivity contribution in [3.8, 4) is 11.1 Å². The first kappa shape index (κ1) is 18.2. The van der Waals surface area contributed by atoms with Crippen molar-refractivity contribution in [1.29, 1.82) is 0 Å². The molecule has 1 heterocycles. The number of anilines is 1. The lowest BCUT2D eigenvalue weighted by molar-refractivity contribution is -0.129. The second-order valence-electron chi connectivity index (χ2n) is 6.51. The Hall–Kier alpha value is -3.16. The normalized spacial score (nSPS) is 17.2. The molecule has 0 fully saturated rings. The molecule has 0 saturated carbocycles. The smallest absolute Gasteiger partial charge is 0.265 e. The van der Waals surface area contributed by atoms with Gasteiger partial charge in [0.1, 0.15) is 0 Å². The van der Waals surface area contributed by atoms with Crippen LogP contribution >= 0.6 is 0 Å². The summed E-state index contributed by atoms with van der Waals surface area (Å²) in [4.78, 5) is 12.0. The van der Waals surface area contributed by atoms with Gasteiger partial charge in [0.25, 0.3) is 10.0 Å². The Labute approximate surface area is 163 Å². The highest BCUT2D eigenvalue weighted by Gasteiger charge is 2.43. The lowest BCUT2D eigenvalue weighted by Crippen LogP contribution is -2.32. The summed E-state index contributed by atoms with van der Waals surface area (Å²) in [6.07, 6.45) is -0.192. The molecule has 1 atom stereocenters. The van der Waals surface area contributed by atoms with Crippen LogP contribution < -0.4 is 9.79 Å². The summed E-state index contributed by atoms with van der Waals surface area (Å²) in [6, 6.07) is 22.7. The standard InChI is InChI=1S/C21H18N2O4S/c24-21(22-25)14-19-18-11-4-5-12-20(18)28(26,27)23(19)17-10-6-9-16(13-17)15-7-2-1-3-8-15/h1-13,19,25H,14H2,(H,22,24). The summed E-state index contributed by atoms with van der Waals surface area (Å²) < 4.78 is 27.8. The predicted molar refractivity (Wildman–Crippen MR) is 105 cm³/mol. The number of amides is 1. The van der Waals surface area contributed by atoms with Gasteiger partial charge in [-0.3, -0.25) is 14.3 Å². The first-order valence-electron chi connectivity index (χ1n) is 8.74. The van der Waals surface area contributed by atoms with E-state index in [9.17, 15) is 13.2 Å². The Bertz CT molecular complexity index is 1130. The number of fused-ring (bicyclic) bond motifs is 1. The number of carbonyl (C=O) groups excluding carboxylic acids is 1. The molecule has 1 unspecified atom stereocenters. The molecule has 0 aromatic heterocycles. The summed E-state index contributed by atoms with van der Waals surface area (Å²) >= 11 is 0. The van der Waals surface area contributed by atoms with E-state index < -0.39 is 22.0 Å². The van der Waals surface area contributed by atoms with E-state index >= 15 is 0 Å². The summed E-state index contributed by atoms with van der Waals surface area (Å²) in [7, 11) is -3.83. The molecule has 0 aliphatic carbocycles. The number of nitrogens with one attached hydrogen (secondary N) is 1. The number of carbonyl (C=O) groups is 1. The minimum absolute atomic E-state index is 0.177. The molecule has 142 valence electrons. The van der Waals surface area contributed by atoms with Crippen LogP contribution in [-0.2, 0) is 14.8 Å². The van der Waals surface area contributed by atoms with Gasteiger partial charge in [-0.1, -0.05) is 60.7 Å². The molecule has 3 aromatic carbocycles. The molecular formula is C21H18N2O4S. The quantitative estimate of drug-likeness (QED) is 0.524. The van der Waals surface area contributed by atoms with Crippen LogP contribution in [0.4, 0.5) is 5.69 Å². The zero-order chi connectivity index (χ0) is 19.7. The van der Waals surface area contributed by atoms with E-state index in [2.05, 4.69) is 0 Å². The van der Waals surface area contributed by atoms with Crippen LogP contribution in [-0.4, -0.2) is 19.5 Å². The molecule has 7 heteroatoms. The number of rotatable bonds is 4. The van der Waals surface area contributed by atoms with Crippen LogP contribution in [0.1, 0.15) is 18.0 Å². The number of sulfonamides is 1. The molecule has 1 aliphatic rings. The van der Waals surface area contributed by atoms with E-state index in [0.717, 1.165) is 11.1 Å². The fourth-order valence-electron chi connectivity index (χ4n) is 3.58. The van der Waals surface area contributed by atoms with E-state index in [1.807, 2.05) is 36.4 Å². The molecule has 3 aromatic rings. The van der Waals surface area contributed by atoms with Gasteiger partial charge in [0.05, 0.1) is 23.0 Å². The van der Waals surface area contributed by atoms with Gasteiger partial charge in [-0.2, -0.15) is 0 Å². The molecule has 0 radical (unpaired) electrons. The van der Waals surface area contributed by atoms with E-state index in [0.29, 0.717) is 11.3 Å². The highest BCUT2D eigenvalue weighted by Crippen LogP contribution is 2.44. The lowest BCUT2D eigenvalue weighted by Gasteiger charge is -2.25. The first-order valence-corrected chi connectivity index (χ1v) is 10.2. The maximum absolute atomic E-state index is 13.2. The lowest BCUT2D eigenvalue weighted by atomic mass is 10.0. The highest BCUT2D eigenvalue weighted by atomic mass is 32.2. The number of benzene rings is 3. The zero-order valence-corrected chi connectivity index (χ0v) is 15.6. The van der Waals surface area contributed by atoms with Crippen molar-refractivity contribution in [1.82, 2.24) is 5.48 Å². The summed E-state index contributed by atoms with van der Waals surface area (Å²) in [6.45, 7) is 0. The van der Waals surface area contributed by atoms with E-state index in [1.165, 1.54) is 10.4 Å². The highest BCUT2D eigenvalue weighted by molar-refractivity contribution is 7.93. The second kappa shape index (κ2) is 7.10. The molecule has 0 bridgehead atoms. The van der Waals surface area contributed by atoms with Crippen LogP contribution in [0.3, 0.4) is 0 Å². The minimum Gasteiger partial charge on any atom is -0.289 e. The van der Waals surface area contributed by atoms with Gasteiger partial charge >= 0.3 is 0 Å². The van der Waals surface area contributed by atoms with Crippen molar-refractivity contribution in [3.05, 3.63) is 84.4 Å². The summed E-state index contributed by atoms with van der Waals surface area (Å²) in [5.74, 6) is -0.652. The van der Waals surface area contributed by atoms with Gasteiger partial charge in [-0.05, 0) is 34.9 Å². The Morgan fingerprint density at radius 1 is 0.929 bits per heavy atom. The van der Waals surface area contributed by atoms with Gasteiger partial charge in [0.15, 0.2) is 0 Å². The van der Waals surface area contributed by atoms with Crippen LogP contribution in [0.5, 0.6) is 0 Å². The molecule has 4 rings (SSSR count). The van der Waals surface area contributed by atoms with Crippen molar-refractivity contribution in [2.75, 3.05) is 4.31 Å². The van der Waals surface area contributed by atoms with E-state index in [1.54, 1.807) is 41.9 Å². The van der Waals surface area contributed by atoms with Crippen LogP contribution in [0.25, 0.3) is 11.1 Å². The zero-order valence-electron chi connectivity index (χ0n) is 14.8. The van der Waals surface area contributed by atoms with Crippen molar-refractivity contribution in [2.24, 2.45) is 0 Å². The summed E-state index contributed by atoms with van der Waals surface area (Å²) in [5.41, 5.74) is 4.43. The van der Waals surface area contributed by atoms with Crippen molar-refractivity contribution < 1.29 is 18.4 Å².